The lowest BCUT2D eigenvalue weighted by atomic mass is 9.95. The van der Waals surface area contributed by atoms with Gasteiger partial charge in [-0.2, -0.15) is 0 Å². The SMILES string of the molecule is COC(=O)CCC=C(c1cccnc1)c1ccc2c(c1)CC(NS(=O)(=O)c1ccc(Cl)cc1)C2. The Morgan fingerprint density at radius 2 is 1.88 bits per heavy atom. The zero-order chi connectivity index (χ0) is 24.1. The monoisotopic (exact) mass is 496 g/mol. The second-order valence-corrected chi connectivity index (χ2v) is 10.3. The molecule has 4 rings (SSSR count). The second kappa shape index (κ2) is 10.5. The van der Waals surface area contributed by atoms with Crippen LogP contribution in [0.3, 0.4) is 0 Å². The average molecular weight is 497 g/mol. The highest BCUT2D eigenvalue weighted by molar-refractivity contribution is 7.89. The molecule has 176 valence electrons. The van der Waals surface area contributed by atoms with Crippen LogP contribution in [-0.4, -0.2) is 32.5 Å². The first kappa shape index (κ1) is 24.1. The number of methoxy groups -OCH3 is 1. The molecule has 6 nitrogen and oxygen atoms in total. The molecule has 3 aromatic rings. The molecule has 1 N–H and O–H groups in total. The first-order chi connectivity index (χ1) is 16.4. The van der Waals surface area contributed by atoms with E-state index in [1.54, 1.807) is 24.5 Å². The summed E-state index contributed by atoms with van der Waals surface area (Å²) >= 11 is 5.89. The lowest BCUT2D eigenvalue weighted by molar-refractivity contribution is -0.140. The van der Waals surface area contributed by atoms with Crippen molar-refractivity contribution in [1.29, 1.82) is 0 Å². The quantitative estimate of drug-likeness (QED) is 0.462. The molecule has 0 bridgehead atoms. The number of halogens is 1. The number of nitrogens with zero attached hydrogens (tertiary/aromatic N) is 1. The number of carbonyl (C=O) groups excluding carboxylic acids is 1. The zero-order valence-electron chi connectivity index (χ0n) is 18.7. The topological polar surface area (TPSA) is 85.4 Å². The molecule has 8 heteroatoms. The van der Waals surface area contributed by atoms with Gasteiger partial charge >= 0.3 is 5.97 Å². The van der Waals surface area contributed by atoms with Crippen LogP contribution in [0.15, 0.2) is 78.0 Å². The van der Waals surface area contributed by atoms with Crippen molar-refractivity contribution < 1.29 is 17.9 Å². The van der Waals surface area contributed by atoms with Crippen LogP contribution in [-0.2, 0) is 32.4 Å². The molecule has 0 radical (unpaired) electrons. The maximum absolute atomic E-state index is 12.8. The van der Waals surface area contributed by atoms with E-state index >= 15 is 0 Å². The summed E-state index contributed by atoms with van der Waals surface area (Å²) in [6, 6.07) is 16.0. The van der Waals surface area contributed by atoms with Gasteiger partial charge in [0.25, 0.3) is 0 Å². The van der Waals surface area contributed by atoms with E-state index in [-0.39, 0.29) is 16.9 Å². The van der Waals surface area contributed by atoms with Crippen molar-refractivity contribution in [2.24, 2.45) is 0 Å². The molecule has 0 saturated heterocycles. The minimum absolute atomic E-state index is 0.195. The van der Waals surface area contributed by atoms with Gasteiger partial charge in [-0.15, -0.1) is 0 Å². The van der Waals surface area contributed by atoms with Gasteiger partial charge in [-0.05, 0) is 71.9 Å². The maximum Gasteiger partial charge on any atom is 0.305 e. The third-order valence-corrected chi connectivity index (χ3v) is 7.58. The summed E-state index contributed by atoms with van der Waals surface area (Å²) < 4.78 is 33.2. The Balaban J connectivity index is 1.54. The van der Waals surface area contributed by atoms with Crippen LogP contribution in [0.25, 0.3) is 5.57 Å². The Kier molecular flexibility index (Phi) is 7.46. The van der Waals surface area contributed by atoms with Crippen LogP contribution < -0.4 is 4.72 Å². The van der Waals surface area contributed by atoms with Gasteiger partial charge in [-0.3, -0.25) is 9.78 Å². The number of hydrogen-bond donors (Lipinski definition) is 1. The number of hydrogen-bond acceptors (Lipinski definition) is 5. The highest BCUT2D eigenvalue weighted by Crippen LogP contribution is 2.30. The van der Waals surface area contributed by atoms with Crippen LogP contribution in [0.4, 0.5) is 0 Å². The second-order valence-electron chi connectivity index (χ2n) is 8.14. The van der Waals surface area contributed by atoms with Crippen molar-refractivity contribution in [1.82, 2.24) is 9.71 Å². The molecule has 1 atom stereocenters. The fraction of sp³-hybridized carbons (Fsp3) is 0.231. The van der Waals surface area contributed by atoms with E-state index in [0.717, 1.165) is 27.8 Å². The Morgan fingerprint density at radius 3 is 2.59 bits per heavy atom. The number of nitrogens with one attached hydrogen (secondary N) is 1. The third kappa shape index (κ3) is 5.73. The Labute approximate surface area is 204 Å². The van der Waals surface area contributed by atoms with Crippen molar-refractivity contribution in [3.63, 3.8) is 0 Å². The molecule has 2 aromatic carbocycles. The lowest BCUT2D eigenvalue weighted by Crippen LogP contribution is -2.35. The lowest BCUT2D eigenvalue weighted by Gasteiger charge is -2.12. The van der Waals surface area contributed by atoms with Gasteiger partial charge < -0.3 is 4.74 Å². The number of allylic oxidation sites excluding steroid dienone is 1. The molecule has 0 spiro atoms. The van der Waals surface area contributed by atoms with E-state index in [1.807, 2.05) is 30.3 Å². The fourth-order valence-corrected chi connectivity index (χ4v) is 5.49. The molecule has 1 unspecified atom stereocenters. The number of carbonyl (C=O) groups is 1. The van der Waals surface area contributed by atoms with Crippen molar-refractivity contribution in [3.05, 3.63) is 100 Å². The molecule has 1 heterocycles. The number of pyridine rings is 1. The number of aromatic nitrogens is 1. The molecule has 0 fully saturated rings. The van der Waals surface area contributed by atoms with Gasteiger partial charge in [0.1, 0.15) is 0 Å². The molecular formula is C26H25ClN2O4S. The molecule has 0 amide bonds. The summed E-state index contributed by atoms with van der Waals surface area (Å²) in [5.74, 6) is -0.258. The standard InChI is InChI=1S/C26H25ClN2O4S/c1-33-26(30)6-2-5-25(20-4-3-13-28-17-20)19-8-7-18-15-23(16-21(18)14-19)29-34(31,32)24-11-9-22(27)10-12-24/h3-5,7-14,17,23,29H,2,6,15-16H2,1H3. The first-order valence-corrected chi connectivity index (χ1v) is 12.8. The number of sulfonamides is 1. The molecule has 1 aromatic heterocycles. The van der Waals surface area contributed by atoms with Crippen LogP contribution in [0, 0.1) is 0 Å². The molecule has 1 aliphatic rings. The fourth-order valence-electron chi connectivity index (χ4n) is 4.13. The van der Waals surface area contributed by atoms with E-state index in [9.17, 15) is 13.2 Å². The van der Waals surface area contributed by atoms with E-state index in [0.29, 0.717) is 30.7 Å². The van der Waals surface area contributed by atoms with Crippen molar-refractivity contribution >= 4 is 33.2 Å². The van der Waals surface area contributed by atoms with Crippen molar-refractivity contribution in [2.45, 2.75) is 36.6 Å². The number of fused-ring (bicyclic) bond motifs is 1. The third-order valence-electron chi connectivity index (χ3n) is 5.79. The molecule has 34 heavy (non-hydrogen) atoms. The van der Waals surface area contributed by atoms with E-state index in [1.165, 1.54) is 19.2 Å². The highest BCUT2D eigenvalue weighted by Gasteiger charge is 2.27. The van der Waals surface area contributed by atoms with Crippen LogP contribution in [0.2, 0.25) is 5.02 Å². The Morgan fingerprint density at radius 1 is 1.12 bits per heavy atom. The predicted molar refractivity (Wildman–Crippen MR) is 132 cm³/mol. The summed E-state index contributed by atoms with van der Waals surface area (Å²) in [7, 11) is -2.26. The number of ether oxygens (including phenoxy) is 1. The van der Waals surface area contributed by atoms with Gasteiger partial charge in [0.05, 0.1) is 12.0 Å². The van der Waals surface area contributed by atoms with Gasteiger partial charge in [0.2, 0.25) is 10.0 Å². The van der Waals surface area contributed by atoms with Gasteiger partial charge in [0.15, 0.2) is 0 Å². The summed E-state index contributed by atoms with van der Waals surface area (Å²) in [6.07, 6.45) is 7.58. The van der Waals surface area contributed by atoms with E-state index in [4.69, 9.17) is 16.3 Å². The molecule has 1 aliphatic carbocycles. The summed E-state index contributed by atoms with van der Waals surface area (Å²) in [5.41, 5.74) is 5.14. The van der Waals surface area contributed by atoms with Crippen LogP contribution in [0.1, 0.15) is 35.1 Å². The first-order valence-electron chi connectivity index (χ1n) is 10.9. The normalized spacial score (nSPS) is 15.7. The Bertz CT molecular complexity index is 1310. The average Bonchev–Trinajstić information content (AvgIpc) is 3.23. The Hall–Kier alpha value is -3.00. The smallest absolute Gasteiger partial charge is 0.305 e. The van der Waals surface area contributed by atoms with E-state index in [2.05, 4.69) is 15.8 Å². The zero-order valence-corrected chi connectivity index (χ0v) is 20.3. The van der Waals surface area contributed by atoms with Crippen LogP contribution >= 0.6 is 11.6 Å². The van der Waals surface area contributed by atoms with Crippen molar-refractivity contribution in [3.8, 4) is 0 Å². The summed E-state index contributed by atoms with van der Waals surface area (Å²) in [4.78, 5) is 16.0. The predicted octanol–water partition coefficient (Wildman–Crippen LogP) is 4.57. The van der Waals surface area contributed by atoms with E-state index < -0.39 is 10.0 Å². The molecule has 0 saturated carbocycles. The summed E-state index contributed by atoms with van der Waals surface area (Å²) in [6.45, 7) is 0. The maximum atomic E-state index is 12.8. The largest absolute Gasteiger partial charge is 0.469 e. The summed E-state index contributed by atoms with van der Waals surface area (Å²) in [5, 5.41) is 0.490. The van der Waals surface area contributed by atoms with Crippen molar-refractivity contribution in [2.75, 3.05) is 7.11 Å². The minimum atomic E-state index is -3.64. The van der Waals surface area contributed by atoms with Crippen LogP contribution in [0.5, 0.6) is 0 Å². The number of esters is 1. The van der Waals surface area contributed by atoms with Gasteiger partial charge in [0, 0.05) is 35.4 Å². The molecular weight excluding hydrogens is 472 g/mol. The highest BCUT2D eigenvalue weighted by atomic mass is 35.5. The van der Waals surface area contributed by atoms with Gasteiger partial charge in [-0.1, -0.05) is 41.9 Å². The number of rotatable bonds is 8. The molecule has 0 aliphatic heterocycles. The number of benzene rings is 2. The minimum Gasteiger partial charge on any atom is -0.469 e. The van der Waals surface area contributed by atoms with Gasteiger partial charge in [-0.25, -0.2) is 13.1 Å².